The number of carbonyl (C=O) groups excluding carboxylic acids is 1. The summed E-state index contributed by atoms with van der Waals surface area (Å²) in [5.41, 5.74) is 14.1. The van der Waals surface area contributed by atoms with Gasteiger partial charge in [-0.15, -0.1) is 0 Å². The number of aromatic nitrogens is 4. The molecule has 4 atom stereocenters. The zero-order valence-corrected chi connectivity index (χ0v) is 24.5. The largest absolute Gasteiger partial charge is 0.355 e. The zero-order valence-electron chi connectivity index (χ0n) is 24.5. The Labute approximate surface area is 226 Å². The molecule has 0 saturated carbocycles. The molecule has 3 aromatic heterocycles. The van der Waals surface area contributed by atoms with E-state index in [1.54, 1.807) is 6.92 Å². The fourth-order valence-corrected chi connectivity index (χ4v) is 6.80. The minimum absolute atomic E-state index is 0.0722. The van der Waals surface area contributed by atoms with Crippen LogP contribution in [0.3, 0.4) is 0 Å². The van der Waals surface area contributed by atoms with E-state index in [9.17, 15) is 4.79 Å². The monoisotopic (exact) mass is 510 g/mol. The first-order chi connectivity index (χ1) is 18.1. The van der Waals surface area contributed by atoms with Crippen LogP contribution in [0.2, 0.25) is 0 Å². The van der Waals surface area contributed by atoms with E-state index in [0.717, 1.165) is 64.0 Å². The van der Waals surface area contributed by atoms with Crippen LogP contribution in [-0.2, 0) is 0 Å². The number of Topliss-reactive ketones (excluding diaryl/α,β-unsaturated/α-hetero) is 1. The van der Waals surface area contributed by atoms with Crippen LogP contribution < -0.4 is 0 Å². The van der Waals surface area contributed by atoms with Gasteiger partial charge in [0.1, 0.15) is 0 Å². The van der Waals surface area contributed by atoms with Gasteiger partial charge in [0.2, 0.25) is 0 Å². The molecule has 2 aliphatic heterocycles. The van der Waals surface area contributed by atoms with Crippen LogP contribution in [0.1, 0.15) is 133 Å². The van der Waals surface area contributed by atoms with E-state index in [2.05, 4.69) is 76.6 Å². The normalized spacial score (nSPS) is 21.2. The second-order valence-electron chi connectivity index (χ2n) is 11.6. The van der Waals surface area contributed by atoms with Crippen LogP contribution >= 0.6 is 0 Å². The summed E-state index contributed by atoms with van der Waals surface area (Å²) in [5.74, 6) is 1.35. The third kappa shape index (κ3) is 4.11. The van der Waals surface area contributed by atoms with E-state index < -0.39 is 0 Å². The number of aromatic amines is 2. The van der Waals surface area contributed by atoms with Crippen molar-refractivity contribution in [2.75, 3.05) is 0 Å². The summed E-state index contributed by atoms with van der Waals surface area (Å²) in [6.45, 7) is 19.4. The number of hydrogen-bond donors (Lipinski definition) is 2. The maximum Gasteiger partial charge on any atom is 0.162 e. The molecule has 0 saturated heterocycles. The molecular formula is C33H42N4O. The molecular weight excluding hydrogens is 468 g/mol. The Morgan fingerprint density at radius 2 is 1.37 bits per heavy atom. The highest BCUT2D eigenvalue weighted by Crippen LogP contribution is 2.43. The molecule has 5 rings (SSSR count). The van der Waals surface area contributed by atoms with Gasteiger partial charge in [0, 0.05) is 68.6 Å². The van der Waals surface area contributed by atoms with Gasteiger partial charge in [-0.2, -0.15) is 0 Å². The predicted molar refractivity (Wildman–Crippen MR) is 157 cm³/mol. The standard InChI is InChI=1S/C33H42N4O/c1-10-12-24-19(6)27-13-28-20(7)31(22(9)38)30(35-28)15-26-18(5)23(11-2)29(34-26)14-25-16(3)17(4)32(36-25)21(8)33(24)37-27/h13-15,18-19,23-24,35-36H,10-12H2,1-9H3/t18-,19+,23?,24?/m1/s1. The Morgan fingerprint density at radius 3 is 2.03 bits per heavy atom. The number of carbonyl (C=O) groups is 1. The van der Waals surface area contributed by atoms with Gasteiger partial charge in [-0.3, -0.25) is 14.8 Å². The summed E-state index contributed by atoms with van der Waals surface area (Å²) < 4.78 is 0. The van der Waals surface area contributed by atoms with Crippen LogP contribution in [0.25, 0.3) is 22.1 Å². The third-order valence-corrected chi connectivity index (χ3v) is 9.33. The summed E-state index contributed by atoms with van der Waals surface area (Å²) >= 11 is 0. The maximum atomic E-state index is 12.8. The number of nitrogens with zero attached hydrogens (tertiary/aromatic N) is 2. The Balaban J connectivity index is 1.98. The number of H-pyrrole nitrogens is 2. The van der Waals surface area contributed by atoms with Crippen LogP contribution in [0.15, 0.2) is 18.2 Å². The SMILES string of the molecule is CCCC1c2nc(cc3[nH]c(cc4nc(cc5[nH]c(c2C)c(C)c5C)C(CC)[C@H]4C)c(C(C)=O)c3C)[C@H]1C. The first kappa shape index (κ1) is 26.4. The van der Waals surface area contributed by atoms with Crippen LogP contribution in [-0.4, -0.2) is 25.7 Å². The van der Waals surface area contributed by atoms with E-state index in [-0.39, 0.29) is 11.7 Å². The number of rotatable bonds is 4. The quantitative estimate of drug-likeness (QED) is 0.345. The molecule has 200 valence electrons. The van der Waals surface area contributed by atoms with Crippen molar-refractivity contribution in [3.8, 4) is 0 Å². The summed E-state index contributed by atoms with van der Waals surface area (Å²) in [5, 5.41) is 0. The van der Waals surface area contributed by atoms with Gasteiger partial charge in [-0.05, 0) is 87.9 Å². The minimum Gasteiger partial charge on any atom is -0.355 e. The molecule has 8 bridgehead atoms. The van der Waals surface area contributed by atoms with Gasteiger partial charge in [-0.1, -0.05) is 34.1 Å². The van der Waals surface area contributed by atoms with Crippen molar-refractivity contribution in [2.24, 2.45) is 0 Å². The summed E-state index contributed by atoms with van der Waals surface area (Å²) in [6, 6.07) is 6.53. The Bertz CT molecular complexity index is 1590. The summed E-state index contributed by atoms with van der Waals surface area (Å²) in [6.07, 6.45) is 3.22. The molecule has 0 aromatic carbocycles. The highest BCUT2D eigenvalue weighted by molar-refractivity contribution is 6.04. The molecule has 38 heavy (non-hydrogen) atoms. The molecule has 0 fully saturated rings. The van der Waals surface area contributed by atoms with E-state index in [1.165, 1.54) is 27.9 Å². The van der Waals surface area contributed by atoms with Gasteiger partial charge in [-0.25, -0.2) is 0 Å². The van der Waals surface area contributed by atoms with Crippen molar-refractivity contribution in [3.05, 3.63) is 68.8 Å². The first-order valence-electron chi connectivity index (χ1n) is 14.3. The number of ketones is 1. The molecule has 0 spiro atoms. The lowest BCUT2D eigenvalue weighted by Crippen LogP contribution is -2.03. The van der Waals surface area contributed by atoms with Crippen molar-refractivity contribution >= 4 is 27.9 Å². The number of nitrogens with one attached hydrogen (secondary N) is 2. The van der Waals surface area contributed by atoms with Crippen LogP contribution in [0.5, 0.6) is 0 Å². The second kappa shape index (κ2) is 9.83. The number of aryl methyl sites for hydroxylation is 4. The van der Waals surface area contributed by atoms with Crippen molar-refractivity contribution in [2.45, 2.75) is 105 Å². The fourth-order valence-electron chi connectivity index (χ4n) is 6.80. The van der Waals surface area contributed by atoms with Gasteiger partial charge >= 0.3 is 0 Å². The minimum atomic E-state index is 0.0722. The van der Waals surface area contributed by atoms with Crippen molar-refractivity contribution in [1.82, 2.24) is 19.9 Å². The summed E-state index contributed by atoms with van der Waals surface area (Å²) in [7, 11) is 0. The third-order valence-electron chi connectivity index (χ3n) is 9.33. The van der Waals surface area contributed by atoms with Crippen molar-refractivity contribution in [1.29, 1.82) is 0 Å². The molecule has 5 nitrogen and oxygen atoms in total. The number of fused-ring (bicyclic) bond motifs is 8. The molecule has 0 amide bonds. The Hall–Kier alpha value is -3.21. The lowest BCUT2D eigenvalue weighted by Gasteiger charge is -2.16. The van der Waals surface area contributed by atoms with Crippen molar-refractivity contribution in [3.63, 3.8) is 0 Å². The molecule has 5 heterocycles. The fraction of sp³-hybridized carbons (Fsp3) is 0.485. The summed E-state index contributed by atoms with van der Waals surface area (Å²) in [4.78, 5) is 30.6. The van der Waals surface area contributed by atoms with E-state index in [0.29, 0.717) is 17.8 Å². The van der Waals surface area contributed by atoms with Gasteiger partial charge in [0.15, 0.2) is 5.78 Å². The highest BCUT2D eigenvalue weighted by atomic mass is 16.1. The van der Waals surface area contributed by atoms with Gasteiger partial charge in [0.05, 0.1) is 5.52 Å². The Kier molecular flexibility index (Phi) is 6.83. The highest BCUT2D eigenvalue weighted by Gasteiger charge is 2.31. The lowest BCUT2D eigenvalue weighted by atomic mass is 9.86. The van der Waals surface area contributed by atoms with Gasteiger partial charge in [0.25, 0.3) is 0 Å². The molecule has 3 aromatic rings. The van der Waals surface area contributed by atoms with E-state index >= 15 is 0 Å². The smallest absolute Gasteiger partial charge is 0.162 e. The van der Waals surface area contributed by atoms with Gasteiger partial charge < -0.3 is 9.97 Å². The molecule has 2 N–H and O–H groups in total. The lowest BCUT2D eigenvalue weighted by molar-refractivity contribution is 0.101. The maximum absolute atomic E-state index is 12.8. The Morgan fingerprint density at radius 1 is 0.763 bits per heavy atom. The molecule has 2 aliphatic rings. The predicted octanol–water partition coefficient (Wildman–Crippen LogP) is 8.74. The molecule has 0 radical (unpaired) electrons. The average Bonchev–Trinajstić information content (AvgIpc) is 3.54. The second-order valence-corrected chi connectivity index (χ2v) is 11.6. The molecule has 0 aliphatic carbocycles. The first-order valence-corrected chi connectivity index (χ1v) is 14.3. The van der Waals surface area contributed by atoms with Crippen LogP contribution in [0, 0.1) is 27.7 Å². The van der Waals surface area contributed by atoms with E-state index in [1.807, 2.05) is 6.92 Å². The average molecular weight is 511 g/mol. The molecule has 5 heteroatoms. The topological polar surface area (TPSA) is 74.4 Å². The van der Waals surface area contributed by atoms with E-state index in [4.69, 9.17) is 9.97 Å². The zero-order chi connectivity index (χ0) is 27.5. The molecule has 2 unspecified atom stereocenters. The van der Waals surface area contributed by atoms with Crippen LogP contribution in [0.4, 0.5) is 0 Å². The number of hydrogen-bond acceptors (Lipinski definition) is 3. The van der Waals surface area contributed by atoms with Crippen molar-refractivity contribution < 1.29 is 4.79 Å².